The third-order valence-electron chi connectivity index (χ3n) is 6.86. The van der Waals surface area contributed by atoms with Gasteiger partial charge in [-0.25, -0.2) is 0 Å². The molecule has 14 nitrogen and oxygen atoms in total. The fraction of sp³-hybridized carbons (Fsp3) is 1.00. The lowest BCUT2D eigenvalue weighted by atomic mass is 9.92. The highest BCUT2D eigenvalue weighted by molar-refractivity contribution is 4.95. The van der Waals surface area contributed by atoms with Gasteiger partial charge in [-0.2, -0.15) is 0 Å². The molecule has 8 N–H and O–H groups in total. The molecule has 6 unspecified atom stereocenters. The lowest BCUT2D eigenvalue weighted by Gasteiger charge is -2.49. The largest absolute Gasteiger partial charge is 0.394 e. The Morgan fingerprint density at radius 1 is 0.611 bits per heavy atom. The first-order valence-electron chi connectivity index (χ1n) is 12.2. The van der Waals surface area contributed by atoms with Gasteiger partial charge in [0.25, 0.3) is 0 Å². The summed E-state index contributed by atoms with van der Waals surface area (Å²) >= 11 is 0. The second-order valence-corrected chi connectivity index (χ2v) is 9.54. The Morgan fingerprint density at radius 3 is 1.75 bits per heavy atom. The minimum absolute atomic E-state index is 0.252. The second kappa shape index (κ2) is 13.0. The van der Waals surface area contributed by atoms with Crippen LogP contribution >= 0.6 is 0 Å². The minimum Gasteiger partial charge on any atom is -0.394 e. The zero-order valence-electron chi connectivity index (χ0n) is 20.5. The van der Waals surface area contributed by atoms with E-state index < -0.39 is 105 Å². The molecule has 0 radical (unpaired) electrons. The third kappa shape index (κ3) is 6.18. The second-order valence-electron chi connectivity index (χ2n) is 9.54. The monoisotopic (exact) mass is 528 g/mol. The van der Waals surface area contributed by atoms with Gasteiger partial charge >= 0.3 is 0 Å². The number of aliphatic hydroxyl groups is 8. The summed E-state index contributed by atoms with van der Waals surface area (Å²) in [6.07, 6.45) is -18.0. The predicted octanol–water partition coefficient (Wildman–Crippen LogP) is -3.84. The lowest BCUT2D eigenvalue weighted by Crippen LogP contribution is -2.65. The van der Waals surface area contributed by atoms with Crippen molar-refractivity contribution in [1.29, 1.82) is 0 Å². The van der Waals surface area contributed by atoms with Gasteiger partial charge in [-0.1, -0.05) is 13.8 Å². The summed E-state index contributed by atoms with van der Waals surface area (Å²) in [7, 11) is 0. The van der Waals surface area contributed by atoms with Gasteiger partial charge in [0.05, 0.1) is 25.4 Å². The van der Waals surface area contributed by atoms with Gasteiger partial charge in [0.1, 0.15) is 54.9 Å². The zero-order chi connectivity index (χ0) is 26.7. The van der Waals surface area contributed by atoms with E-state index in [1.165, 1.54) is 0 Å². The molecule has 0 aromatic carbocycles. The van der Waals surface area contributed by atoms with E-state index in [9.17, 15) is 40.9 Å². The number of ether oxygens (including phenoxy) is 6. The van der Waals surface area contributed by atoms with E-state index >= 15 is 0 Å². The molecule has 0 aromatic heterocycles. The van der Waals surface area contributed by atoms with Crippen LogP contribution in [-0.2, 0) is 28.4 Å². The molecule has 0 aromatic rings. The van der Waals surface area contributed by atoms with Crippen molar-refractivity contribution in [2.24, 2.45) is 5.92 Å². The maximum atomic E-state index is 10.9. The molecule has 3 fully saturated rings. The van der Waals surface area contributed by atoms with Gasteiger partial charge in [0, 0.05) is 12.5 Å². The first kappa shape index (κ1) is 30.0. The fourth-order valence-electron chi connectivity index (χ4n) is 4.52. The van der Waals surface area contributed by atoms with Crippen LogP contribution in [0.4, 0.5) is 0 Å². The van der Waals surface area contributed by atoms with Crippen molar-refractivity contribution in [1.82, 2.24) is 0 Å². The molecule has 0 aliphatic carbocycles. The third-order valence-corrected chi connectivity index (χ3v) is 6.86. The molecular formula is C22H40O14. The van der Waals surface area contributed by atoms with E-state index in [1.54, 1.807) is 13.8 Å². The van der Waals surface area contributed by atoms with E-state index in [1.807, 2.05) is 6.92 Å². The number of rotatable bonds is 9. The minimum atomic E-state index is -1.73. The molecule has 212 valence electrons. The van der Waals surface area contributed by atoms with Crippen molar-refractivity contribution >= 4 is 0 Å². The molecule has 0 saturated carbocycles. The molecule has 0 spiro atoms. The van der Waals surface area contributed by atoms with E-state index in [2.05, 4.69) is 0 Å². The highest BCUT2D eigenvalue weighted by Crippen LogP contribution is 2.35. The van der Waals surface area contributed by atoms with Crippen LogP contribution in [0.1, 0.15) is 27.2 Å². The summed E-state index contributed by atoms with van der Waals surface area (Å²) in [4.78, 5) is 0. The molecule has 3 rings (SSSR count). The van der Waals surface area contributed by atoms with Gasteiger partial charge in [0.2, 0.25) is 0 Å². The van der Waals surface area contributed by atoms with Crippen LogP contribution in [0.25, 0.3) is 0 Å². The lowest BCUT2D eigenvalue weighted by molar-refractivity contribution is -0.386. The van der Waals surface area contributed by atoms with Crippen LogP contribution in [0.3, 0.4) is 0 Å². The molecule has 3 heterocycles. The maximum Gasteiger partial charge on any atom is 0.187 e. The summed E-state index contributed by atoms with van der Waals surface area (Å²) < 4.78 is 34.6. The first-order valence-corrected chi connectivity index (χ1v) is 12.2. The van der Waals surface area contributed by atoms with Gasteiger partial charge < -0.3 is 69.3 Å². The quantitative estimate of drug-likeness (QED) is 0.144. The smallest absolute Gasteiger partial charge is 0.187 e. The van der Waals surface area contributed by atoms with E-state index in [4.69, 9.17) is 28.4 Å². The first-order chi connectivity index (χ1) is 17.0. The molecule has 15 atom stereocenters. The van der Waals surface area contributed by atoms with E-state index in [0.717, 1.165) is 0 Å². The predicted molar refractivity (Wildman–Crippen MR) is 117 cm³/mol. The van der Waals surface area contributed by atoms with Gasteiger partial charge in [-0.15, -0.1) is 0 Å². The molecule has 0 amide bonds. The van der Waals surface area contributed by atoms with E-state index in [0.29, 0.717) is 6.42 Å². The Labute approximate surface area is 208 Å². The van der Waals surface area contributed by atoms with Crippen molar-refractivity contribution in [3.8, 4) is 0 Å². The summed E-state index contributed by atoms with van der Waals surface area (Å²) in [5.41, 5.74) is 0. The standard InChI is InChI=1S/C22H40O14/c1-4-5-31-22-19(36-20-8(2)12(25)14(27)10(6-23)33-20)18(13(26)9(3)32-22)35-21-17(30)16(29)15(28)11(7-24)34-21/h8-30H,4-7H2,1-3H3/t8-,9?,10?,11-,12?,13-,14+,15+,16?,17?,18?,19-,20-,21+,22+/m0/s1. The van der Waals surface area contributed by atoms with Crippen molar-refractivity contribution in [3.63, 3.8) is 0 Å². The average Bonchev–Trinajstić information content (AvgIpc) is 2.87. The maximum absolute atomic E-state index is 10.9. The Balaban J connectivity index is 1.87. The van der Waals surface area contributed by atoms with Crippen LogP contribution in [0.2, 0.25) is 0 Å². The molecule has 3 aliphatic heterocycles. The van der Waals surface area contributed by atoms with Crippen molar-refractivity contribution in [2.45, 2.75) is 113 Å². The van der Waals surface area contributed by atoms with Gasteiger partial charge in [0.15, 0.2) is 18.9 Å². The molecular weight excluding hydrogens is 488 g/mol. The topological polar surface area (TPSA) is 217 Å². The molecule has 3 aliphatic rings. The van der Waals surface area contributed by atoms with Crippen molar-refractivity contribution < 1.29 is 69.3 Å². The fourth-order valence-corrected chi connectivity index (χ4v) is 4.52. The van der Waals surface area contributed by atoms with Crippen molar-refractivity contribution in [3.05, 3.63) is 0 Å². The van der Waals surface area contributed by atoms with E-state index in [-0.39, 0.29) is 6.61 Å². The van der Waals surface area contributed by atoms with Crippen molar-refractivity contribution in [2.75, 3.05) is 19.8 Å². The summed E-state index contributed by atoms with van der Waals surface area (Å²) in [6.45, 7) is 3.98. The van der Waals surface area contributed by atoms with Gasteiger partial charge in [-0.3, -0.25) is 0 Å². The molecule has 14 heteroatoms. The molecule has 36 heavy (non-hydrogen) atoms. The SMILES string of the molecule is CCCO[C@@H]1OC(C)[C@H](O)C(O[C@H]2O[C@@H](CO)[C@@H](O)C(O)C2O)[C@@H]1O[C@@H]1OC(CO)[C@@H](O)C(O)[C@@H]1C. The zero-order valence-corrected chi connectivity index (χ0v) is 20.5. The summed E-state index contributed by atoms with van der Waals surface area (Å²) in [6, 6.07) is 0. The van der Waals surface area contributed by atoms with Crippen LogP contribution in [0.15, 0.2) is 0 Å². The number of hydrogen-bond acceptors (Lipinski definition) is 14. The molecule has 0 bridgehead atoms. The molecule has 3 saturated heterocycles. The Morgan fingerprint density at radius 2 is 1.17 bits per heavy atom. The summed E-state index contributed by atoms with van der Waals surface area (Å²) in [5, 5.41) is 81.2. The Bertz CT molecular complexity index is 667. The van der Waals surface area contributed by atoms with Gasteiger partial charge in [-0.05, 0) is 13.3 Å². The summed E-state index contributed by atoms with van der Waals surface area (Å²) in [5.74, 6) is -0.779. The number of aliphatic hydroxyl groups excluding tert-OH is 8. The highest BCUT2D eigenvalue weighted by Gasteiger charge is 2.53. The van der Waals surface area contributed by atoms with Crippen LogP contribution in [-0.4, -0.2) is 147 Å². The van der Waals surface area contributed by atoms with Crippen LogP contribution < -0.4 is 0 Å². The Hall–Kier alpha value is -0.560. The average molecular weight is 529 g/mol. The number of hydrogen-bond donors (Lipinski definition) is 8. The normalized spacial score (nSPS) is 50.2. The Kier molecular flexibility index (Phi) is 10.8. The highest BCUT2D eigenvalue weighted by atomic mass is 16.8. The van der Waals surface area contributed by atoms with Crippen LogP contribution in [0.5, 0.6) is 0 Å². The van der Waals surface area contributed by atoms with Crippen LogP contribution in [0, 0.1) is 5.92 Å².